The molecule has 154 valence electrons. The average molecular weight is 390 g/mol. The molecule has 2 aromatic rings. The summed E-state index contributed by atoms with van der Waals surface area (Å²) in [5.41, 5.74) is 5.04. The predicted molar refractivity (Wildman–Crippen MR) is 124 cm³/mol. The Kier molecular flexibility index (Phi) is 4.21. The molecule has 0 bridgehead atoms. The topological polar surface area (TPSA) is 19.4 Å². The van der Waals surface area contributed by atoms with Gasteiger partial charge < -0.3 is 9.80 Å². The molecule has 2 unspecified atom stereocenters. The summed E-state index contributed by atoms with van der Waals surface area (Å²) in [6.07, 6.45) is 4.27. The third kappa shape index (κ3) is 2.52. The van der Waals surface area contributed by atoms with Crippen LogP contribution in [0.25, 0.3) is 0 Å². The van der Waals surface area contributed by atoms with Crippen molar-refractivity contribution in [2.75, 3.05) is 9.80 Å². The lowest BCUT2D eigenvalue weighted by atomic mass is 9.58. The van der Waals surface area contributed by atoms with Gasteiger partial charge in [-0.15, -0.1) is 6.58 Å². The van der Waals surface area contributed by atoms with Crippen LogP contribution in [0.5, 0.6) is 0 Å². The van der Waals surface area contributed by atoms with Crippen LogP contribution in [0, 0.1) is 5.41 Å². The Morgan fingerprint density at radius 2 is 1.79 bits per heavy atom. The summed E-state index contributed by atoms with van der Waals surface area (Å²) in [6, 6.07) is 11.6. The van der Waals surface area contributed by atoms with Gasteiger partial charge in [0.2, 0.25) is 0 Å². The Morgan fingerprint density at radius 1 is 1.10 bits per heavy atom. The lowest BCUT2D eigenvalue weighted by Crippen LogP contribution is -2.62. The van der Waals surface area contributed by atoms with Gasteiger partial charge in [0, 0.05) is 28.8 Å². The van der Waals surface area contributed by atoms with Gasteiger partial charge in [0.05, 0.1) is 5.69 Å². The number of aromatic nitrogens is 1. The summed E-state index contributed by atoms with van der Waals surface area (Å²) in [6.45, 7) is 22.9. The highest BCUT2D eigenvalue weighted by atomic mass is 15.5. The molecule has 0 fully saturated rings. The molecule has 3 heterocycles. The third-order valence-corrected chi connectivity index (χ3v) is 7.41. The van der Waals surface area contributed by atoms with Crippen molar-refractivity contribution in [1.82, 2.24) is 4.98 Å². The third-order valence-electron chi connectivity index (χ3n) is 7.41. The normalized spacial score (nSPS) is 24.9. The Bertz CT molecular complexity index is 966. The highest BCUT2D eigenvalue weighted by Crippen LogP contribution is 2.61. The summed E-state index contributed by atoms with van der Waals surface area (Å²) in [7, 11) is 0. The molecular weight excluding hydrogens is 354 g/mol. The molecule has 0 saturated carbocycles. The van der Waals surface area contributed by atoms with E-state index in [1.807, 2.05) is 6.20 Å². The number of rotatable bonds is 2. The van der Waals surface area contributed by atoms with E-state index in [1.165, 1.54) is 22.5 Å². The van der Waals surface area contributed by atoms with Crippen LogP contribution in [0.4, 0.5) is 17.2 Å². The number of hydrogen-bond donors (Lipinski definition) is 0. The van der Waals surface area contributed by atoms with E-state index < -0.39 is 0 Å². The first kappa shape index (κ1) is 20.0. The monoisotopic (exact) mass is 389 g/mol. The van der Waals surface area contributed by atoms with E-state index in [0.29, 0.717) is 6.04 Å². The van der Waals surface area contributed by atoms with Crippen molar-refractivity contribution in [3.05, 3.63) is 60.3 Å². The fourth-order valence-corrected chi connectivity index (χ4v) is 5.24. The van der Waals surface area contributed by atoms with Gasteiger partial charge in [-0.05, 0) is 48.6 Å². The number of nitrogens with zero attached hydrogens (tertiary/aromatic N) is 3. The summed E-state index contributed by atoms with van der Waals surface area (Å²) < 4.78 is 0. The standard InChI is InChI=1S/C26H35N3/c1-10-26(9)19-16-18(24(4,5)6)13-14-20(19)29-22-21(12-11-15-27-22)28(17(2)3)23(29)25(26,7)8/h10-17,23H,1H2,2-9H3. The molecule has 2 atom stereocenters. The van der Waals surface area contributed by atoms with Crippen LogP contribution < -0.4 is 9.80 Å². The van der Waals surface area contributed by atoms with Gasteiger partial charge in [-0.1, -0.05) is 59.8 Å². The van der Waals surface area contributed by atoms with E-state index in [0.717, 1.165) is 5.82 Å². The fourth-order valence-electron chi connectivity index (χ4n) is 5.24. The molecule has 29 heavy (non-hydrogen) atoms. The number of hydrogen-bond acceptors (Lipinski definition) is 3. The molecule has 3 heteroatoms. The van der Waals surface area contributed by atoms with Crippen LogP contribution in [0.2, 0.25) is 0 Å². The molecule has 3 nitrogen and oxygen atoms in total. The summed E-state index contributed by atoms with van der Waals surface area (Å²) in [5.74, 6) is 1.06. The lowest BCUT2D eigenvalue weighted by Gasteiger charge is -2.57. The Labute approximate surface area is 176 Å². The Hall–Kier alpha value is -2.29. The van der Waals surface area contributed by atoms with Crippen LogP contribution in [0.15, 0.2) is 49.2 Å². The average Bonchev–Trinajstić information content (AvgIpc) is 3.01. The highest BCUT2D eigenvalue weighted by Gasteiger charge is 2.59. The van der Waals surface area contributed by atoms with E-state index in [9.17, 15) is 0 Å². The van der Waals surface area contributed by atoms with E-state index in [4.69, 9.17) is 4.98 Å². The van der Waals surface area contributed by atoms with Gasteiger partial charge in [-0.3, -0.25) is 0 Å². The number of anilines is 3. The zero-order valence-corrected chi connectivity index (χ0v) is 19.2. The molecule has 0 amide bonds. The maximum absolute atomic E-state index is 4.84. The summed E-state index contributed by atoms with van der Waals surface area (Å²) >= 11 is 0. The smallest absolute Gasteiger partial charge is 0.158 e. The first-order valence-electron chi connectivity index (χ1n) is 10.8. The molecule has 2 aliphatic rings. The maximum Gasteiger partial charge on any atom is 0.158 e. The first-order valence-corrected chi connectivity index (χ1v) is 10.8. The van der Waals surface area contributed by atoms with E-state index in [1.54, 1.807) is 0 Å². The zero-order chi connectivity index (χ0) is 21.4. The van der Waals surface area contributed by atoms with Crippen molar-refractivity contribution < 1.29 is 0 Å². The first-order chi connectivity index (χ1) is 13.4. The quantitative estimate of drug-likeness (QED) is 0.543. The van der Waals surface area contributed by atoms with Crippen LogP contribution in [-0.2, 0) is 10.8 Å². The minimum atomic E-state index is -0.167. The molecule has 0 spiro atoms. The molecule has 1 aromatic carbocycles. The van der Waals surface area contributed by atoms with E-state index >= 15 is 0 Å². The predicted octanol–water partition coefficient (Wildman–Crippen LogP) is 6.56. The van der Waals surface area contributed by atoms with E-state index in [2.05, 4.69) is 108 Å². The zero-order valence-electron chi connectivity index (χ0n) is 19.2. The van der Waals surface area contributed by atoms with Crippen molar-refractivity contribution in [2.45, 2.75) is 78.4 Å². The summed E-state index contributed by atoms with van der Waals surface area (Å²) in [4.78, 5) is 9.86. The van der Waals surface area contributed by atoms with Crippen molar-refractivity contribution in [2.24, 2.45) is 5.41 Å². The van der Waals surface area contributed by atoms with Crippen LogP contribution >= 0.6 is 0 Å². The van der Waals surface area contributed by atoms with Crippen LogP contribution in [0.1, 0.15) is 66.5 Å². The molecule has 0 N–H and O–H groups in total. The second kappa shape index (κ2) is 6.10. The SMILES string of the molecule is C=CC1(C)c2cc(C(C)(C)C)ccc2N2c3ncccc3N(C(C)C)C2C1(C)C. The van der Waals surface area contributed by atoms with Crippen molar-refractivity contribution in [3.63, 3.8) is 0 Å². The molecule has 4 rings (SSSR count). The van der Waals surface area contributed by atoms with Gasteiger partial charge in [-0.2, -0.15) is 0 Å². The Balaban J connectivity index is 2.07. The second-order valence-electron chi connectivity index (χ2n) is 10.7. The summed E-state index contributed by atoms with van der Waals surface area (Å²) in [5, 5.41) is 0. The van der Waals surface area contributed by atoms with Crippen LogP contribution in [-0.4, -0.2) is 17.2 Å². The molecule has 2 aliphatic heterocycles. The molecular formula is C26H35N3. The molecule has 0 saturated heterocycles. The van der Waals surface area contributed by atoms with Gasteiger partial charge in [0.15, 0.2) is 5.82 Å². The number of allylic oxidation sites excluding steroid dienone is 1. The van der Waals surface area contributed by atoms with Gasteiger partial charge in [-0.25, -0.2) is 4.98 Å². The molecule has 0 aliphatic carbocycles. The fraction of sp³-hybridized carbons (Fsp3) is 0.500. The van der Waals surface area contributed by atoms with Crippen LogP contribution in [0.3, 0.4) is 0 Å². The highest BCUT2D eigenvalue weighted by molar-refractivity contribution is 5.85. The molecule has 0 radical (unpaired) electrons. The van der Waals surface area contributed by atoms with E-state index in [-0.39, 0.29) is 22.4 Å². The van der Waals surface area contributed by atoms with Crippen molar-refractivity contribution in [3.8, 4) is 0 Å². The minimum Gasteiger partial charge on any atom is -0.345 e. The second-order valence-corrected chi connectivity index (χ2v) is 10.7. The van der Waals surface area contributed by atoms with Crippen molar-refractivity contribution >= 4 is 17.2 Å². The van der Waals surface area contributed by atoms with Gasteiger partial charge in [0.1, 0.15) is 6.17 Å². The minimum absolute atomic E-state index is 0.0801. The number of pyridine rings is 1. The number of fused-ring (bicyclic) bond motifs is 5. The number of benzene rings is 1. The largest absolute Gasteiger partial charge is 0.345 e. The van der Waals surface area contributed by atoms with Crippen molar-refractivity contribution in [1.29, 1.82) is 0 Å². The van der Waals surface area contributed by atoms with Gasteiger partial charge in [0.25, 0.3) is 0 Å². The Morgan fingerprint density at radius 3 is 2.38 bits per heavy atom. The maximum atomic E-state index is 4.84. The van der Waals surface area contributed by atoms with Gasteiger partial charge >= 0.3 is 0 Å². The molecule has 1 aromatic heterocycles. The lowest BCUT2D eigenvalue weighted by molar-refractivity contribution is 0.160.